The van der Waals surface area contributed by atoms with E-state index < -0.39 is 5.60 Å². The van der Waals surface area contributed by atoms with Crippen LogP contribution in [0.25, 0.3) is 0 Å². The lowest BCUT2D eigenvalue weighted by molar-refractivity contribution is 0.00253. The van der Waals surface area contributed by atoms with Crippen LogP contribution < -0.4 is 5.32 Å². The van der Waals surface area contributed by atoms with E-state index >= 15 is 0 Å². The SMILES string of the molecule is Cc1ccc(CNCC(C)(O)CO)cc1F. The van der Waals surface area contributed by atoms with Gasteiger partial charge in [0.05, 0.1) is 12.2 Å². The number of aliphatic hydroxyl groups is 2. The number of hydrogen-bond donors (Lipinski definition) is 3. The fraction of sp³-hybridized carbons (Fsp3) is 0.500. The van der Waals surface area contributed by atoms with Crippen molar-refractivity contribution in [2.75, 3.05) is 13.2 Å². The Labute approximate surface area is 94.9 Å². The Balaban J connectivity index is 2.46. The van der Waals surface area contributed by atoms with Gasteiger partial charge in [0.15, 0.2) is 0 Å². The highest BCUT2D eigenvalue weighted by atomic mass is 19.1. The predicted octanol–water partition coefficient (Wildman–Crippen LogP) is 0.967. The van der Waals surface area contributed by atoms with E-state index in [0.29, 0.717) is 12.1 Å². The molecule has 3 N–H and O–H groups in total. The van der Waals surface area contributed by atoms with Crippen LogP contribution in [0.3, 0.4) is 0 Å². The molecular weight excluding hydrogens is 209 g/mol. The van der Waals surface area contributed by atoms with Gasteiger partial charge in [0.1, 0.15) is 5.82 Å². The number of rotatable bonds is 5. The van der Waals surface area contributed by atoms with Gasteiger partial charge < -0.3 is 15.5 Å². The van der Waals surface area contributed by atoms with Crippen LogP contribution in [0.1, 0.15) is 18.1 Å². The fourth-order valence-corrected chi connectivity index (χ4v) is 1.28. The van der Waals surface area contributed by atoms with Crippen molar-refractivity contribution in [3.8, 4) is 0 Å². The van der Waals surface area contributed by atoms with Gasteiger partial charge >= 0.3 is 0 Å². The molecule has 4 heteroatoms. The Bertz CT molecular complexity index is 353. The minimum Gasteiger partial charge on any atom is -0.393 e. The van der Waals surface area contributed by atoms with Gasteiger partial charge in [-0.05, 0) is 31.0 Å². The number of hydrogen-bond acceptors (Lipinski definition) is 3. The molecule has 1 aromatic carbocycles. The van der Waals surface area contributed by atoms with E-state index in [4.69, 9.17) is 5.11 Å². The molecule has 0 heterocycles. The summed E-state index contributed by atoms with van der Waals surface area (Å²) in [6, 6.07) is 5.02. The molecule has 16 heavy (non-hydrogen) atoms. The summed E-state index contributed by atoms with van der Waals surface area (Å²) in [6.07, 6.45) is 0. The van der Waals surface area contributed by atoms with Gasteiger partial charge in [0.2, 0.25) is 0 Å². The summed E-state index contributed by atoms with van der Waals surface area (Å²) >= 11 is 0. The maximum atomic E-state index is 13.2. The van der Waals surface area contributed by atoms with Crippen molar-refractivity contribution >= 4 is 0 Å². The second-order valence-corrected chi connectivity index (χ2v) is 4.34. The van der Waals surface area contributed by atoms with E-state index in [1.54, 1.807) is 13.0 Å². The van der Waals surface area contributed by atoms with E-state index in [2.05, 4.69) is 5.32 Å². The maximum Gasteiger partial charge on any atom is 0.126 e. The van der Waals surface area contributed by atoms with Crippen molar-refractivity contribution in [3.05, 3.63) is 35.1 Å². The molecule has 0 aliphatic rings. The zero-order chi connectivity index (χ0) is 12.2. The van der Waals surface area contributed by atoms with Crippen molar-refractivity contribution < 1.29 is 14.6 Å². The standard InChI is InChI=1S/C12H18FNO2/c1-9-3-4-10(5-11(9)13)6-14-7-12(2,16)8-15/h3-5,14-16H,6-8H2,1-2H3. The first-order valence-corrected chi connectivity index (χ1v) is 5.23. The van der Waals surface area contributed by atoms with E-state index in [-0.39, 0.29) is 19.0 Å². The number of benzene rings is 1. The Kier molecular flexibility index (Phi) is 4.41. The highest BCUT2D eigenvalue weighted by Crippen LogP contribution is 2.09. The first-order valence-electron chi connectivity index (χ1n) is 5.23. The highest BCUT2D eigenvalue weighted by Gasteiger charge is 2.17. The molecule has 0 saturated heterocycles. The first-order chi connectivity index (χ1) is 7.44. The lowest BCUT2D eigenvalue weighted by Crippen LogP contribution is -2.40. The second kappa shape index (κ2) is 5.39. The van der Waals surface area contributed by atoms with Crippen molar-refractivity contribution in [2.24, 2.45) is 0 Å². The van der Waals surface area contributed by atoms with Gasteiger partial charge in [0.25, 0.3) is 0 Å². The van der Waals surface area contributed by atoms with Gasteiger partial charge in [-0.2, -0.15) is 0 Å². The monoisotopic (exact) mass is 227 g/mol. The zero-order valence-corrected chi connectivity index (χ0v) is 9.63. The molecule has 90 valence electrons. The maximum absolute atomic E-state index is 13.2. The van der Waals surface area contributed by atoms with Gasteiger partial charge in [-0.25, -0.2) is 4.39 Å². The van der Waals surface area contributed by atoms with E-state index in [1.165, 1.54) is 13.0 Å². The van der Waals surface area contributed by atoms with Crippen LogP contribution in [-0.2, 0) is 6.54 Å². The molecule has 0 fully saturated rings. The third kappa shape index (κ3) is 3.89. The third-order valence-electron chi connectivity index (χ3n) is 2.41. The summed E-state index contributed by atoms with van der Waals surface area (Å²) in [6.45, 7) is 3.67. The number of aryl methyl sites for hydroxylation is 1. The number of nitrogens with one attached hydrogen (secondary N) is 1. The fourth-order valence-electron chi connectivity index (χ4n) is 1.28. The van der Waals surface area contributed by atoms with Gasteiger partial charge in [-0.1, -0.05) is 12.1 Å². The van der Waals surface area contributed by atoms with E-state index in [1.807, 2.05) is 6.07 Å². The minimum absolute atomic E-state index is 0.229. The largest absolute Gasteiger partial charge is 0.393 e. The molecule has 0 amide bonds. The summed E-state index contributed by atoms with van der Waals surface area (Å²) in [5.74, 6) is -0.229. The molecular formula is C12H18FNO2. The van der Waals surface area contributed by atoms with Crippen molar-refractivity contribution in [2.45, 2.75) is 26.0 Å². The van der Waals surface area contributed by atoms with Crippen LogP contribution in [-0.4, -0.2) is 29.0 Å². The van der Waals surface area contributed by atoms with Gasteiger partial charge in [-0.15, -0.1) is 0 Å². The lowest BCUT2D eigenvalue weighted by atomic mass is 10.1. The summed E-state index contributed by atoms with van der Waals surface area (Å²) < 4.78 is 13.2. The van der Waals surface area contributed by atoms with Crippen molar-refractivity contribution in [3.63, 3.8) is 0 Å². The smallest absolute Gasteiger partial charge is 0.126 e. The molecule has 0 spiro atoms. The topological polar surface area (TPSA) is 52.5 Å². The summed E-state index contributed by atoms with van der Waals surface area (Å²) in [5, 5.41) is 21.3. The van der Waals surface area contributed by atoms with Crippen LogP contribution in [0.2, 0.25) is 0 Å². The molecule has 1 aromatic rings. The highest BCUT2D eigenvalue weighted by molar-refractivity contribution is 5.23. The normalized spacial score (nSPS) is 14.8. The lowest BCUT2D eigenvalue weighted by Gasteiger charge is -2.20. The number of aliphatic hydroxyl groups excluding tert-OH is 1. The van der Waals surface area contributed by atoms with Crippen LogP contribution in [0.15, 0.2) is 18.2 Å². The molecule has 0 aliphatic heterocycles. The molecule has 0 bridgehead atoms. The Morgan fingerprint density at radius 2 is 2.12 bits per heavy atom. The molecule has 1 atom stereocenters. The molecule has 3 nitrogen and oxygen atoms in total. The van der Waals surface area contributed by atoms with Gasteiger partial charge in [0, 0.05) is 13.1 Å². The quantitative estimate of drug-likeness (QED) is 0.702. The van der Waals surface area contributed by atoms with Crippen LogP contribution in [0, 0.1) is 12.7 Å². The summed E-state index contributed by atoms with van der Waals surface area (Å²) in [4.78, 5) is 0. The Morgan fingerprint density at radius 3 is 2.69 bits per heavy atom. The van der Waals surface area contributed by atoms with E-state index in [0.717, 1.165) is 5.56 Å². The van der Waals surface area contributed by atoms with Crippen LogP contribution in [0.4, 0.5) is 4.39 Å². The van der Waals surface area contributed by atoms with Crippen LogP contribution >= 0.6 is 0 Å². The van der Waals surface area contributed by atoms with Crippen molar-refractivity contribution in [1.82, 2.24) is 5.32 Å². The molecule has 0 saturated carbocycles. The van der Waals surface area contributed by atoms with Crippen LogP contribution in [0.5, 0.6) is 0 Å². The predicted molar refractivity (Wildman–Crippen MR) is 60.6 cm³/mol. The summed E-state index contributed by atoms with van der Waals surface area (Å²) in [5.41, 5.74) is 0.298. The third-order valence-corrected chi connectivity index (χ3v) is 2.41. The zero-order valence-electron chi connectivity index (χ0n) is 9.63. The first kappa shape index (κ1) is 13.1. The Hall–Kier alpha value is -0.970. The molecule has 1 rings (SSSR count). The van der Waals surface area contributed by atoms with Crippen molar-refractivity contribution in [1.29, 1.82) is 0 Å². The Morgan fingerprint density at radius 1 is 1.44 bits per heavy atom. The number of halogens is 1. The van der Waals surface area contributed by atoms with Gasteiger partial charge in [-0.3, -0.25) is 0 Å². The molecule has 0 radical (unpaired) electrons. The molecule has 0 aliphatic carbocycles. The average molecular weight is 227 g/mol. The average Bonchev–Trinajstić information content (AvgIpc) is 2.23. The second-order valence-electron chi connectivity index (χ2n) is 4.34. The van der Waals surface area contributed by atoms with E-state index in [9.17, 15) is 9.50 Å². The minimum atomic E-state index is -1.14. The molecule has 1 unspecified atom stereocenters. The summed E-state index contributed by atoms with van der Waals surface area (Å²) in [7, 11) is 0. The molecule has 0 aromatic heterocycles.